The third-order valence-electron chi connectivity index (χ3n) is 3.46. The summed E-state index contributed by atoms with van der Waals surface area (Å²) in [6.45, 7) is 0. The van der Waals surface area contributed by atoms with Crippen LogP contribution >= 0.6 is 11.8 Å². The predicted molar refractivity (Wildman–Crippen MR) is 69.5 cm³/mol. The number of thioether (sulfide) groups is 1. The van der Waals surface area contributed by atoms with Gasteiger partial charge in [-0.05, 0) is 29.7 Å². The Morgan fingerprint density at radius 1 is 1.35 bits per heavy atom. The summed E-state index contributed by atoms with van der Waals surface area (Å²) in [5.74, 6) is 0.851. The van der Waals surface area contributed by atoms with E-state index in [0.29, 0.717) is 12.2 Å². The maximum atomic E-state index is 11.6. The molecule has 0 radical (unpaired) electrons. The number of carboxylic acids is 1. The molecule has 4 heteroatoms. The molecule has 0 aliphatic carbocycles. The largest absolute Gasteiger partial charge is 0.479 e. The Bertz CT molecular complexity index is 570. The zero-order valence-electron chi connectivity index (χ0n) is 9.30. The van der Waals surface area contributed by atoms with E-state index in [1.165, 1.54) is 0 Å². The third kappa shape index (κ3) is 1.47. The van der Waals surface area contributed by atoms with Crippen molar-refractivity contribution in [3.8, 4) is 0 Å². The average molecular weight is 247 g/mol. The molecule has 0 amide bonds. The zero-order chi connectivity index (χ0) is 11.9. The van der Waals surface area contributed by atoms with E-state index in [0.717, 1.165) is 16.7 Å². The standard InChI is InChI=1S/C13H13NO2S/c15-12(16)13(6-8-17-9-13)14-7-5-10-3-1-2-4-11(10)14/h1-5,7H,6,8-9H2,(H,15,16). The van der Waals surface area contributed by atoms with Crippen LogP contribution in [0.2, 0.25) is 0 Å². The third-order valence-corrected chi connectivity index (χ3v) is 4.63. The maximum Gasteiger partial charge on any atom is 0.330 e. The molecule has 0 saturated carbocycles. The summed E-state index contributed by atoms with van der Waals surface area (Å²) in [5.41, 5.74) is 0.255. The van der Waals surface area contributed by atoms with Crippen LogP contribution in [0, 0.1) is 0 Å². The Hall–Kier alpha value is -1.42. The molecule has 1 saturated heterocycles. The first-order chi connectivity index (χ1) is 8.24. The Kier molecular flexibility index (Phi) is 2.40. The zero-order valence-corrected chi connectivity index (χ0v) is 10.1. The molecule has 1 unspecified atom stereocenters. The SMILES string of the molecule is O=C(O)C1(n2ccc3ccccc32)CCSC1. The smallest absolute Gasteiger partial charge is 0.330 e. The van der Waals surface area contributed by atoms with Crippen molar-refractivity contribution in [2.24, 2.45) is 0 Å². The van der Waals surface area contributed by atoms with Gasteiger partial charge in [-0.15, -0.1) is 0 Å². The summed E-state index contributed by atoms with van der Waals surface area (Å²) < 4.78 is 1.94. The van der Waals surface area contributed by atoms with Crippen molar-refractivity contribution >= 4 is 28.6 Å². The first kappa shape index (κ1) is 10.7. The monoisotopic (exact) mass is 247 g/mol. The Morgan fingerprint density at radius 2 is 2.18 bits per heavy atom. The highest BCUT2D eigenvalue weighted by Gasteiger charge is 2.44. The Morgan fingerprint density at radius 3 is 2.88 bits per heavy atom. The van der Waals surface area contributed by atoms with Crippen molar-refractivity contribution in [2.45, 2.75) is 12.0 Å². The summed E-state index contributed by atoms with van der Waals surface area (Å²) in [6.07, 6.45) is 2.61. The number of nitrogens with zero attached hydrogens (tertiary/aromatic N) is 1. The number of fused-ring (bicyclic) bond motifs is 1. The van der Waals surface area contributed by atoms with Crippen LogP contribution in [0.5, 0.6) is 0 Å². The molecule has 1 fully saturated rings. The van der Waals surface area contributed by atoms with Crippen molar-refractivity contribution in [1.29, 1.82) is 0 Å². The van der Waals surface area contributed by atoms with Gasteiger partial charge in [0.25, 0.3) is 0 Å². The van der Waals surface area contributed by atoms with E-state index < -0.39 is 11.5 Å². The van der Waals surface area contributed by atoms with E-state index in [1.807, 2.05) is 41.1 Å². The molecule has 1 aromatic carbocycles. The van der Waals surface area contributed by atoms with Gasteiger partial charge in [-0.3, -0.25) is 0 Å². The topological polar surface area (TPSA) is 42.2 Å². The number of carboxylic acid groups (broad SMARTS) is 1. The van der Waals surface area contributed by atoms with Crippen LogP contribution in [0.1, 0.15) is 6.42 Å². The second kappa shape index (κ2) is 3.81. The van der Waals surface area contributed by atoms with Gasteiger partial charge in [0.05, 0.1) is 0 Å². The summed E-state index contributed by atoms with van der Waals surface area (Å²) in [7, 11) is 0. The molecule has 2 heterocycles. The number of hydrogen-bond acceptors (Lipinski definition) is 2. The van der Waals surface area contributed by atoms with Crippen LogP contribution < -0.4 is 0 Å². The highest BCUT2D eigenvalue weighted by Crippen LogP contribution is 2.37. The predicted octanol–water partition coefficient (Wildman–Crippen LogP) is 2.56. The second-order valence-corrected chi connectivity index (χ2v) is 5.49. The van der Waals surface area contributed by atoms with Crippen LogP contribution in [0.4, 0.5) is 0 Å². The number of aliphatic carboxylic acids is 1. The molecule has 2 aromatic rings. The van der Waals surface area contributed by atoms with Crippen LogP contribution in [-0.4, -0.2) is 27.1 Å². The number of aromatic nitrogens is 1. The van der Waals surface area contributed by atoms with Crippen LogP contribution in [0.15, 0.2) is 36.5 Å². The lowest BCUT2D eigenvalue weighted by molar-refractivity contribution is -0.146. The summed E-state index contributed by atoms with van der Waals surface area (Å²) in [5, 5.41) is 10.7. The highest BCUT2D eigenvalue weighted by atomic mass is 32.2. The van der Waals surface area contributed by atoms with Gasteiger partial charge in [0, 0.05) is 17.5 Å². The molecule has 1 aromatic heterocycles. The number of rotatable bonds is 2. The van der Waals surface area contributed by atoms with E-state index in [9.17, 15) is 9.90 Å². The molecule has 1 N–H and O–H groups in total. The number of benzene rings is 1. The van der Waals surface area contributed by atoms with Crippen molar-refractivity contribution in [1.82, 2.24) is 4.57 Å². The first-order valence-corrected chi connectivity index (χ1v) is 6.77. The Labute approximate surface area is 103 Å². The fraction of sp³-hybridized carbons (Fsp3) is 0.308. The fourth-order valence-corrected chi connectivity index (χ4v) is 3.84. The molecule has 1 atom stereocenters. The lowest BCUT2D eigenvalue weighted by Crippen LogP contribution is -2.41. The second-order valence-electron chi connectivity index (χ2n) is 4.38. The molecular formula is C13H13NO2S. The van der Waals surface area contributed by atoms with Crippen LogP contribution in [0.3, 0.4) is 0 Å². The molecule has 1 aliphatic heterocycles. The van der Waals surface area contributed by atoms with Gasteiger partial charge < -0.3 is 9.67 Å². The molecule has 3 nitrogen and oxygen atoms in total. The van der Waals surface area contributed by atoms with E-state index in [2.05, 4.69) is 0 Å². The summed E-state index contributed by atoms with van der Waals surface area (Å²) >= 11 is 1.71. The highest BCUT2D eigenvalue weighted by molar-refractivity contribution is 7.99. The van der Waals surface area contributed by atoms with Gasteiger partial charge in [0.1, 0.15) is 0 Å². The molecule has 88 valence electrons. The number of carbonyl (C=O) groups is 1. The van der Waals surface area contributed by atoms with E-state index in [-0.39, 0.29) is 0 Å². The van der Waals surface area contributed by atoms with Gasteiger partial charge in [0.2, 0.25) is 0 Å². The Balaban J connectivity index is 2.22. The normalized spacial score (nSPS) is 24.2. The molecule has 0 spiro atoms. The minimum absolute atomic E-state index is 0.654. The van der Waals surface area contributed by atoms with Crippen molar-refractivity contribution in [2.75, 3.05) is 11.5 Å². The van der Waals surface area contributed by atoms with Gasteiger partial charge >= 0.3 is 5.97 Å². The quantitative estimate of drug-likeness (QED) is 0.886. The summed E-state index contributed by atoms with van der Waals surface area (Å²) in [6, 6.07) is 9.93. The van der Waals surface area contributed by atoms with Gasteiger partial charge in [-0.1, -0.05) is 18.2 Å². The molecule has 1 aliphatic rings. The van der Waals surface area contributed by atoms with Crippen LogP contribution in [0.25, 0.3) is 10.9 Å². The lowest BCUT2D eigenvalue weighted by atomic mass is 9.98. The first-order valence-electron chi connectivity index (χ1n) is 5.62. The van der Waals surface area contributed by atoms with Gasteiger partial charge in [0.15, 0.2) is 5.54 Å². The minimum Gasteiger partial charge on any atom is -0.479 e. The number of para-hydroxylation sites is 1. The van der Waals surface area contributed by atoms with E-state index in [4.69, 9.17) is 0 Å². The molecule has 17 heavy (non-hydrogen) atoms. The maximum absolute atomic E-state index is 11.6. The van der Waals surface area contributed by atoms with Gasteiger partial charge in [-0.25, -0.2) is 4.79 Å². The average Bonchev–Trinajstić information content (AvgIpc) is 2.95. The van der Waals surface area contributed by atoms with Crippen molar-refractivity contribution < 1.29 is 9.90 Å². The van der Waals surface area contributed by atoms with E-state index in [1.54, 1.807) is 11.8 Å². The van der Waals surface area contributed by atoms with Crippen molar-refractivity contribution in [3.05, 3.63) is 36.5 Å². The minimum atomic E-state index is -0.756. The molecule has 0 bridgehead atoms. The van der Waals surface area contributed by atoms with E-state index >= 15 is 0 Å². The van der Waals surface area contributed by atoms with Gasteiger partial charge in [-0.2, -0.15) is 11.8 Å². The number of hydrogen-bond donors (Lipinski definition) is 1. The molecule has 3 rings (SSSR count). The summed E-state index contributed by atoms with van der Waals surface area (Å²) in [4.78, 5) is 11.6. The van der Waals surface area contributed by atoms with Crippen LogP contribution in [-0.2, 0) is 10.3 Å². The lowest BCUT2D eigenvalue weighted by Gasteiger charge is -2.26. The molecular weight excluding hydrogens is 234 g/mol. The fourth-order valence-electron chi connectivity index (χ4n) is 2.47. The van der Waals surface area contributed by atoms with Crippen molar-refractivity contribution in [3.63, 3.8) is 0 Å².